The molecule has 0 radical (unpaired) electrons. The molecule has 38 heavy (non-hydrogen) atoms. The van der Waals surface area contributed by atoms with Crippen molar-refractivity contribution < 1.29 is 19.1 Å². The fraction of sp³-hybridized carbons (Fsp3) is 0.517. The first kappa shape index (κ1) is 26.2. The third-order valence-corrected chi connectivity index (χ3v) is 7.52. The zero-order chi connectivity index (χ0) is 26.3. The summed E-state index contributed by atoms with van der Waals surface area (Å²) in [6.45, 7) is 3.67. The molecule has 2 amide bonds. The van der Waals surface area contributed by atoms with Crippen molar-refractivity contribution >= 4 is 22.8 Å². The molecule has 1 N–H and O–H groups in total. The first-order valence-electron chi connectivity index (χ1n) is 13.9. The van der Waals surface area contributed by atoms with Gasteiger partial charge in [0.05, 0.1) is 18.2 Å². The van der Waals surface area contributed by atoms with E-state index >= 15 is 0 Å². The molecule has 2 atom stereocenters. The first-order chi connectivity index (χ1) is 18.6. The van der Waals surface area contributed by atoms with Crippen molar-refractivity contribution in [3.63, 3.8) is 0 Å². The highest BCUT2D eigenvalue weighted by atomic mass is 16.5. The summed E-state index contributed by atoms with van der Waals surface area (Å²) in [6.07, 6.45) is 6.90. The predicted molar refractivity (Wildman–Crippen MR) is 144 cm³/mol. The lowest BCUT2D eigenvalue weighted by Gasteiger charge is -2.39. The summed E-state index contributed by atoms with van der Waals surface area (Å²) in [6, 6.07) is 14.3. The number of para-hydroxylation sites is 1. The summed E-state index contributed by atoms with van der Waals surface area (Å²) >= 11 is 0. The molecule has 2 aromatic carbocycles. The Kier molecular flexibility index (Phi) is 8.53. The van der Waals surface area contributed by atoms with Crippen molar-refractivity contribution in [1.29, 1.82) is 0 Å². The second kappa shape index (κ2) is 12.4. The van der Waals surface area contributed by atoms with E-state index in [1.165, 1.54) is 0 Å². The maximum atomic E-state index is 14.1. The van der Waals surface area contributed by atoms with E-state index in [-0.39, 0.29) is 30.5 Å². The molecule has 2 fully saturated rings. The van der Waals surface area contributed by atoms with Gasteiger partial charge in [-0.1, -0.05) is 48.7 Å². The van der Waals surface area contributed by atoms with Gasteiger partial charge in [0.25, 0.3) is 0 Å². The van der Waals surface area contributed by atoms with Crippen LogP contribution in [0.2, 0.25) is 0 Å². The van der Waals surface area contributed by atoms with Crippen LogP contribution in [0.15, 0.2) is 48.5 Å². The van der Waals surface area contributed by atoms with Gasteiger partial charge in [-0.05, 0) is 62.4 Å². The molecule has 5 rings (SSSR count). The van der Waals surface area contributed by atoms with Gasteiger partial charge in [-0.2, -0.15) is 0 Å². The number of nitrogens with one attached hydrogen (secondary N) is 1. The van der Waals surface area contributed by atoms with Crippen LogP contribution in [0, 0.1) is 0 Å². The van der Waals surface area contributed by atoms with Crippen LogP contribution in [-0.4, -0.2) is 63.6 Å². The van der Waals surface area contributed by atoms with Crippen molar-refractivity contribution in [3.05, 3.63) is 54.1 Å². The molecule has 9 nitrogen and oxygen atoms in total. The number of hydrogen-bond donors (Lipinski definition) is 1. The standard InChI is InChI=1S/C29H37N5O4/c1-2-37-23-16-14-21(15-17-23)28(29(36)30-19-24-11-8-18-38-24)34(22-9-4-3-5-10-22)27(35)20-33-26-13-7-6-12-25(26)31-32-33/h6-7,12-17,22,24,28H,2-5,8-11,18-20H2,1H3,(H,30,36)/t24-,28+/m1/s1. The van der Waals surface area contributed by atoms with Gasteiger partial charge in [0.2, 0.25) is 11.8 Å². The molecule has 0 spiro atoms. The highest BCUT2D eigenvalue weighted by molar-refractivity contribution is 5.89. The third-order valence-electron chi connectivity index (χ3n) is 7.52. The van der Waals surface area contributed by atoms with E-state index in [0.717, 1.165) is 73.9 Å². The monoisotopic (exact) mass is 519 g/mol. The number of ether oxygens (including phenoxy) is 2. The van der Waals surface area contributed by atoms with Gasteiger partial charge in [-0.25, -0.2) is 4.68 Å². The highest BCUT2D eigenvalue weighted by Crippen LogP contribution is 2.32. The largest absolute Gasteiger partial charge is 0.494 e. The Hall–Kier alpha value is -3.46. The van der Waals surface area contributed by atoms with E-state index in [9.17, 15) is 9.59 Å². The van der Waals surface area contributed by atoms with Crippen LogP contribution < -0.4 is 10.1 Å². The summed E-state index contributed by atoms with van der Waals surface area (Å²) < 4.78 is 13.0. The molecule has 202 valence electrons. The van der Waals surface area contributed by atoms with E-state index in [1.807, 2.05) is 60.4 Å². The van der Waals surface area contributed by atoms with Gasteiger partial charge in [-0.15, -0.1) is 5.10 Å². The minimum absolute atomic E-state index is 0.0141. The Labute approximate surface area is 223 Å². The summed E-state index contributed by atoms with van der Waals surface area (Å²) in [7, 11) is 0. The van der Waals surface area contributed by atoms with Crippen LogP contribution in [0.4, 0.5) is 0 Å². The molecule has 1 aromatic heterocycles. The van der Waals surface area contributed by atoms with Crippen molar-refractivity contribution in [1.82, 2.24) is 25.2 Å². The molecule has 3 aromatic rings. The van der Waals surface area contributed by atoms with Gasteiger partial charge < -0.3 is 19.7 Å². The van der Waals surface area contributed by atoms with Crippen LogP contribution in [0.1, 0.15) is 63.5 Å². The number of carbonyl (C=O) groups is 2. The minimum Gasteiger partial charge on any atom is -0.494 e. The van der Waals surface area contributed by atoms with Gasteiger partial charge in [0, 0.05) is 19.2 Å². The molecule has 2 heterocycles. The van der Waals surface area contributed by atoms with Crippen molar-refractivity contribution in [2.24, 2.45) is 0 Å². The molecular weight excluding hydrogens is 482 g/mol. The lowest BCUT2D eigenvalue weighted by molar-refractivity contribution is -0.145. The number of benzene rings is 2. The zero-order valence-electron chi connectivity index (χ0n) is 22.1. The maximum Gasteiger partial charge on any atom is 0.247 e. The number of carbonyl (C=O) groups excluding carboxylic acids is 2. The van der Waals surface area contributed by atoms with Gasteiger partial charge in [-0.3, -0.25) is 9.59 Å². The van der Waals surface area contributed by atoms with Crippen molar-refractivity contribution in [3.8, 4) is 5.75 Å². The summed E-state index contributed by atoms with van der Waals surface area (Å²) in [4.78, 5) is 29.8. The topological polar surface area (TPSA) is 98.6 Å². The SMILES string of the molecule is CCOc1ccc([C@@H](C(=O)NC[C@H]2CCCO2)N(C(=O)Cn2nnc3ccccc32)C2CCCCC2)cc1. The third kappa shape index (κ3) is 5.99. The van der Waals surface area contributed by atoms with Gasteiger partial charge in [0.15, 0.2) is 0 Å². The van der Waals surface area contributed by atoms with Crippen molar-refractivity contribution in [2.45, 2.75) is 76.6 Å². The van der Waals surface area contributed by atoms with Crippen molar-refractivity contribution in [2.75, 3.05) is 19.8 Å². The molecule has 0 unspecified atom stereocenters. The quantitative estimate of drug-likeness (QED) is 0.434. The lowest BCUT2D eigenvalue weighted by atomic mass is 9.91. The van der Waals surface area contributed by atoms with Crippen LogP contribution in [0.25, 0.3) is 11.0 Å². The molecule has 1 aliphatic heterocycles. The molecule has 2 aliphatic rings. The zero-order valence-corrected chi connectivity index (χ0v) is 22.1. The molecule has 1 saturated carbocycles. The number of hydrogen-bond acceptors (Lipinski definition) is 6. The first-order valence-corrected chi connectivity index (χ1v) is 13.9. The van der Waals surface area contributed by atoms with Crippen LogP contribution in [0.5, 0.6) is 5.75 Å². The van der Waals surface area contributed by atoms with E-state index in [4.69, 9.17) is 9.47 Å². The fourth-order valence-corrected chi connectivity index (χ4v) is 5.63. The lowest BCUT2D eigenvalue weighted by Crippen LogP contribution is -2.51. The second-order valence-corrected chi connectivity index (χ2v) is 10.1. The molecular formula is C29H37N5O4. The van der Waals surface area contributed by atoms with E-state index in [0.29, 0.717) is 13.2 Å². The van der Waals surface area contributed by atoms with Crippen LogP contribution >= 0.6 is 0 Å². The summed E-state index contributed by atoms with van der Waals surface area (Å²) in [5.41, 5.74) is 2.30. The summed E-state index contributed by atoms with van der Waals surface area (Å²) in [5.74, 6) is 0.408. The Bertz CT molecular complexity index is 1220. The number of amides is 2. The average molecular weight is 520 g/mol. The van der Waals surface area contributed by atoms with E-state index in [2.05, 4.69) is 15.6 Å². The van der Waals surface area contributed by atoms with E-state index < -0.39 is 6.04 Å². The summed E-state index contributed by atoms with van der Waals surface area (Å²) in [5, 5.41) is 11.6. The highest BCUT2D eigenvalue weighted by Gasteiger charge is 2.37. The smallest absolute Gasteiger partial charge is 0.247 e. The average Bonchev–Trinajstić information content (AvgIpc) is 3.62. The predicted octanol–water partition coefficient (Wildman–Crippen LogP) is 4.03. The Morgan fingerprint density at radius 1 is 1.08 bits per heavy atom. The normalized spacial score (nSPS) is 18.8. The number of rotatable bonds is 10. The van der Waals surface area contributed by atoms with Gasteiger partial charge >= 0.3 is 0 Å². The fourth-order valence-electron chi connectivity index (χ4n) is 5.63. The second-order valence-electron chi connectivity index (χ2n) is 10.1. The Balaban J connectivity index is 1.47. The number of fused-ring (bicyclic) bond motifs is 1. The minimum atomic E-state index is -0.766. The molecule has 0 bridgehead atoms. The van der Waals surface area contributed by atoms with Crippen LogP contribution in [0.3, 0.4) is 0 Å². The Morgan fingerprint density at radius 3 is 2.61 bits per heavy atom. The molecule has 9 heteroatoms. The number of nitrogens with zero attached hydrogens (tertiary/aromatic N) is 4. The maximum absolute atomic E-state index is 14.1. The number of aromatic nitrogens is 3. The molecule has 1 saturated heterocycles. The van der Waals surface area contributed by atoms with Crippen LogP contribution in [-0.2, 0) is 20.9 Å². The van der Waals surface area contributed by atoms with Gasteiger partial charge in [0.1, 0.15) is 23.9 Å². The van der Waals surface area contributed by atoms with E-state index in [1.54, 1.807) is 4.68 Å². The molecule has 1 aliphatic carbocycles. The Morgan fingerprint density at radius 2 is 1.87 bits per heavy atom.